The zero-order valence-corrected chi connectivity index (χ0v) is 8.00. The average Bonchev–Trinajstić information content (AvgIpc) is 2.81. The summed E-state index contributed by atoms with van der Waals surface area (Å²) in [6.45, 7) is 3.70. The summed E-state index contributed by atoms with van der Waals surface area (Å²) in [5, 5.41) is 0. The molecule has 0 aromatic rings. The highest BCUT2D eigenvalue weighted by atomic mass is 28.2. The Morgan fingerprint density at radius 1 is 1.73 bits per heavy atom. The smallest absolute Gasteiger partial charge is 0.261 e. The van der Waals surface area contributed by atoms with Crippen LogP contribution in [-0.4, -0.2) is 41.9 Å². The molecule has 0 amide bonds. The molecule has 4 heteroatoms. The number of epoxide rings is 1. The van der Waals surface area contributed by atoms with Gasteiger partial charge in [-0.2, -0.15) is 0 Å². The van der Waals surface area contributed by atoms with Crippen LogP contribution in [0.5, 0.6) is 0 Å². The van der Waals surface area contributed by atoms with Gasteiger partial charge in [-0.3, -0.25) is 0 Å². The molecule has 1 rings (SSSR count). The van der Waals surface area contributed by atoms with Crippen molar-refractivity contribution in [1.82, 2.24) is 0 Å². The van der Waals surface area contributed by atoms with Gasteiger partial charge in [-0.15, -0.1) is 0 Å². The van der Waals surface area contributed by atoms with E-state index in [9.17, 15) is 0 Å². The zero-order chi connectivity index (χ0) is 8.10. The van der Waals surface area contributed by atoms with Gasteiger partial charge in [0.25, 0.3) is 9.76 Å². The third-order valence-corrected chi connectivity index (χ3v) is 2.58. The Morgan fingerprint density at radius 2 is 2.45 bits per heavy atom. The van der Waals surface area contributed by atoms with Gasteiger partial charge in [0.1, 0.15) is 6.10 Å². The average molecular weight is 174 g/mol. The minimum Gasteiger partial charge on any atom is -0.418 e. The van der Waals surface area contributed by atoms with Crippen LogP contribution in [0.15, 0.2) is 0 Å². The van der Waals surface area contributed by atoms with Crippen molar-refractivity contribution in [2.75, 3.05) is 20.3 Å². The van der Waals surface area contributed by atoms with E-state index in [2.05, 4.69) is 6.92 Å². The Labute approximate surface area is 70.0 Å². The molecule has 2 atom stereocenters. The third-order valence-electron chi connectivity index (χ3n) is 1.51. The van der Waals surface area contributed by atoms with Crippen molar-refractivity contribution in [2.45, 2.75) is 25.2 Å². The van der Waals surface area contributed by atoms with Crippen molar-refractivity contribution in [3.63, 3.8) is 0 Å². The predicted octanol–water partition coefficient (Wildman–Crippen LogP) is 0.403. The molecule has 1 aliphatic rings. The fourth-order valence-electron chi connectivity index (χ4n) is 0.754. The largest absolute Gasteiger partial charge is 0.418 e. The Morgan fingerprint density at radius 3 is 2.91 bits per heavy atom. The first kappa shape index (κ1) is 9.19. The van der Waals surface area contributed by atoms with Gasteiger partial charge in [-0.1, -0.05) is 6.92 Å². The second-order valence-corrected chi connectivity index (χ2v) is 3.80. The van der Waals surface area contributed by atoms with Crippen molar-refractivity contribution < 1.29 is 13.9 Å². The minimum atomic E-state index is 0.268. The van der Waals surface area contributed by atoms with Crippen LogP contribution in [0, 0.1) is 0 Å². The third kappa shape index (κ3) is 3.86. The van der Waals surface area contributed by atoms with E-state index in [4.69, 9.17) is 13.9 Å². The summed E-state index contributed by atoms with van der Waals surface area (Å²) in [5.41, 5.74) is 0.268. The Hall–Kier alpha value is 0.0969. The van der Waals surface area contributed by atoms with Crippen LogP contribution in [-0.2, 0) is 13.9 Å². The first-order valence-corrected chi connectivity index (χ1v) is 4.87. The van der Waals surface area contributed by atoms with E-state index < -0.39 is 0 Å². The van der Waals surface area contributed by atoms with Crippen molar-refractivity contribution >= 4 is 9.76 Å². The molecule has 11 heavy (non-hydrogen) atoms. The molecule has 1 aliphatic heterocycles. The Balaban J connectivity index is 1.98. The van der Waals surface area contributed by atoms with Crippen LogP contribution < -0.4 is 0 Å². The monoisotopic (exact) mass is 174 g/mol. The molecule has 2 radical (unpaired) electrons. The molecule has 0 spiro atoms. The molecule has 0 bridgehead atoms. The summed E-state index contributed by atoms with van der Waals surface area (Å²) in [5.74, 6) is 0. The first-order chi connectivity index (χ1) is 5.36. The lowest BCUT2D eigenvalue weighted by Gasteiger charge is -2.11. The number of rotatable bonds is 6. The summed E-state index contributed by atoms with van der Waals surface area (Å²) >= 11 is 0. The molecule has 0 aliphatic carbocycles. The van der Waals surface area contributed by atoms with Crippen LogP contribution in [0.2, 0.25) is 0 Å². The number of hydrogen-bond donors (Lipinski definition) is 0. The molecule has 1 saturated heterocycles. The predicted molar refractivity (Wildman–Crippen MR) is 42.5 cm³/mol. The van der Waals surface area contributed by atoms with E-state index in [0.29, 0.717) is 15.9 Å². The standard InChI is InChI=1S/C7H14O3Si/c1-3-7(11-8-2)10-5-6-4-9-6/h6-7H,3-5H2,1-2H3. The van der Waals surface area contributed by atoms with Crippen molar-refractivity contribution in [1.29, 1.82) is 0 Å². The maximum Gasteiger partial charge on any atom is 0.261 e. The van der Waals surface area contributed by atoms with Crippen LogP contribution in [0.4, 0.5) is 0 Å². The lowest BCUT2D eigenvalue weighted by Crippen LogP contribution is -2.23. The SMILES string of the molecule is CCC(OCC1CO1)[Si]OC. The van der Waals surface area contributed by atoms with Crippen LogP contribution in [0.1, 0.15) is 13.3 Å². The van der Waals surface area contributed by atoms with E-state index in [1.807, 2.05) is 0 Å². The van der Waals surface area contributed by atoms with Gasteiger partial charge >= 0.3 is 0 Å². The van der Waals surface area contributed by atoms with Crippen molar-refractivity contribution in [3.8, 4) is 0 Å². The maximum absolute atomic E-state index is 5.52. The second kappa shape index (κ2) is 4.87. The highest BCUT2D eigenvalue weighted by Gasteiger charge is 2.24. The Kier molecular flexibility index (Phi) is 4.07. The first-order valence-electron chi connectivity index (χ1n) is 3.88. The van der Waals surface area contributed by atoms with Gasteiger partial charge in [0.05, 0.1) is 18.9 Å². The van der Waals surface area contributed by atoms with Gasteiger partial charge in [-0.05, 0) is 6.42 Å². The van der Waals surface area contributed by atoms with Crippen LogP contribution in [0.3, 0.4) is 0 Å². The summed E-state index contributed by atoms with van der Waals surface area (Å²) in [6, 6.07) is 0. The van der Waals surface area contributed by atoms with Crippen molar-refractivity contribution in [2.24, 2.45) is 0 Å². The normalized spacial score (nSPS) is 25.1. The Bertz CT molecular complexity index is 106. The maximum atomic E-state index is 5.52. The van der Waals surface area contributed by atoms with Gasteiger partial charge in [0.2, 0.25) is 0 Å². The molecule has 3 nitrogen and oxygen atoms in total. The fraction of sp³-hybridized carbons (Fsp3) is 1.00. The summed E-state index contributed by atoms with van der Waals surface area (Å²) in [4.78, 5) is 0. The molecule has 0 aromatic heterocycles. The summed E-state index contributed by atoms with van der Waals surface area (Å²) in [7, 11) is 2.16. The summed E-state index contributed by atoms with van der Waals surface area (Å²) < 4.78 is 15.5. The topological polar surface area (TPSA) is 31.0 Å². The van der Waals surface area contributed by atoms with E-state index in [0.717, 1.165) is 19.6 Å². The second-order valence-electron chi connectivity index (χ2n) is 2.51. The highest BCUT2D eigenvalue weighted by molar-refractivity contribution is 6.28. The lowest BCUT2D eigenvalue weighted by atomic mass is 10.5. The van der Waals surface area contributed by atoms with E-state index >= 15 is 0 Å². The van der Waals surface area contributed by atoms with E-state index in [1.165, 1.54) is 0 Å². The highest BCUT2D eigenvalue weighted by Crippen LogP contribution is 2.10. The van der Waals surface area contributed by atoms with Crippen LogP contribution >= 0.6 is 0 Å². The molecule has 1 fully saturated rings. The molecule has 0 aromatic carbocycles. The molecular weight excluding hydrogens is 160 g/mol. The fourth-order valence-corrected chi connectivity index (χ4v) is 1.35. The van der Waals surface area contributed by atoms with E-state index in [-0.39, 0.29) is 5.73 Å². The molecule has 2 unspecified atom stereocenters. The van der Waals surface area contributed by atoms with Crippen molar-refractivity contribution in [3.05, 3.63) is 0 Å². The summed E-state index contributed by atoms with van der Waals surface area (Å²) in [6.07, 6.45) is 1.38. The number of hydrogen-bond acceptors (Lipinski definition) is 3. The quantitative estimate of drug-likeness (QED) is 0.431. The molecule has 0 saturated carbocycles. The molecule has 64 valence electrons. The molecular formula is C7H14O3Si. The lowest BCUT2D eigenvalue weighted by molar-refractivity contribution is 0.0795. The van der Waals surface area contributed by atoms with Crippen LogP contribution in [0.25, 0.3) is 0 Å². The van der Waals surface area contributed by atoms with Gasteiger partial charge in [0, 0.05) is 7.11 Å². The van der Waals surface area contributed by atoms with Gasteiger partial charge in [-0.25, -0.2) is 0 Å². The zero-order valence-electron chi connectivity index (χ0n) is 7.00. The molecule has 1 heterocycles. The molecule has 0 N–H and O–H groups in total. The minimum absolute atomic E-state index is 0.268. The van der Waals surface area contributed by atoms with E-state index in [1.54, 1.807) is 7.11 Å². The van der Waals surface area contributed by atoms with Gasteiger partial charge < -0.3 is 13.9 Å². The number of ether oxygens (including phenoxy) is 2. The van der Waals surface area contributed by atoms with Gasteiger partial charge in [0.15, 0.2) is 0 Å².